The summed E-state index contributed by atoms with van der Waals surface area (Å²) in [7, 11) is 0. The fourth-order valence-corrected chi connectivity index (χ4v) is 2.69. The van der Waals surface area contributed by atoms with Crippen LogP contribution in [-0.4, -0.2) is 9.97 Å². The van der Waals surface area contributed by atoms with Crippen LogP contribution in [0.2, 0.25) is 0 Å². The largest absolute Gasteiger partial charge is 0.307 e. The zero-order valence-corrected chi connectivity index (χ0v) is 11.8. The third kappa shape index (κ3) is 2.06. The van der Waals surface area contributed by atoms with Crippen molar-refractivity contribution in [1.82, 2.24) is 15.3 Å². The molecule has 0 radical (unpaired) electrons. The molecule has 1 N–H and O–H groups in total. The van der Waals surface area contributed by atoms with Crippen LogP contribution in [-0.2, 0) is 19.5 Å². The molecule has 18 heavy (non-hydrogen) atoms. The van der Waals surface area contributed by atoms with Gasteiger partial charge in [0.15, 0.2) is 5.82 Å². The van der Waals surface area contributed by atoms with E-state index in [1.54, 1.807) is 0 Å². The van der Waals surface area contributed by atoms with E-state index < -0.39 is 0 Å². The number of aryl methyl sites for hydroxylation is 1. The fraction of sp³-hybridized carbons (Fsp3) is 0.286. The van der Waals surface area contributed by atoms with E-state index in [9.17, 15) is 0 Å². The van der Waals surface area contributed by atoms with Gasteiger partial charge in [0.2, 0.25) is 0 Å². The lowest BCUT2D eigenvalue weighted by atomic mass is 10.1. The molecule has 0 spiro atoms. The number of aromatic nitrogens is 2. The lowest BCUT2D eigenvalue weighted by Crippen LogP contribution is -2.02. The topological polar surface area (TPSA) is 37.8 Å². The van der Waals surface area contributed by atoms with Crippen molar-refractivity contribution >= 4 is 15.9 Å². The van der Waals surface area contributed by atoms with Crippen LogP contribution in [0.4, 0.5) is 0 Å². The van der Waals surface area contributed by atoms with Gasteiger partial charge in [0.1, 0.15) is 0 Å². The van der Waals surface area contributed by atoms with Crippen LogP contribution in [0.3, 0.4) is 0 Å². The van der Waals surface area contributed by atoms with Gasteiger partial charge in [-0.05, 0) is 18.6 Å². The third-order valence-corrected chi connectivity index (χ3v) is 3.68. The second-order valence-electron chi connectivity index (χ2n) is 4.39. The van der Waals surface area contributed by atoms with Crippen molar-refractivity contribution in [2.24, 2.45) is 0 Å². The molecule has 0 saturated heterocycles. The number of nitrogens with one attached hydrogen (secondary N) is 1. The Kier molecular flexibility index (Phi) is 3.14. The molecule has 0 aliphatic carbocycles. The number of hydrogen-bond acceptors (Lipinski definition) is 3. The Hall–Kier alpha value is -1.26. The predicted molar refractivity (Wildman–Crippen MR) is 75.1 cm³/mol. The van der Waals surface area contributed by atoms with E-state index in [1.165, 1.54) is 11.3 Å². The molecular weight excluding hydrogens is 290 g/mol. The molecule has 1 aliphatic rings. The molecule has 3 rings (SSSR count). The summed E-state index contributed by atoms with van der Waals surface area (Å²) in [4.78, 5) is 9.38. The van der Waals surface area contributed by atoms with Gasteiger partial charge < -0.3 is 5.32 Å². The quantitative estimate of drug-likeness (QED) is 0.926. The zero-order valence-electron chi connectivity index (χ0n) is 10.2. The molecule has 3 nitrogen and oxygen atoms in total. The number of rotatable bonds is 2. The van der Waals surface area contributed by atoms with E-state index in [4.69, 9.17) is 4.98 Å². The first-order valence-electron chi connectivity index (χ1n) is 6.13. The minimum atomic E-state index is 0.829. The fourth-order valence-electron chi connectivity index (χ4n) is 2.29. The van der Waals surface area contributed by atoms with Crippen LogP contribution in [0, 0.1) is 0 Å². The van der Waals surface area contributed by atoms with Crippen molar-refractivity contribution in [2.45, 2.75) is 26.4 Å². The van der Waals surface area contributed by atoms with Gasteiger partial charge in [-0.25, -0.2) is 9.97 Å². The molecule has 1 aromatic heterocycles. The first-order chi connectivity index (χ1) is 8.78. The van der Waals surface area contributed by atoms with Gasteiger partial charge in [-0.3, -0.25) is 0 Å². The highest BCUT2D eigenvalue weighted by atomic mass is 79.9. The van der Waals surface area contributed by atoms with Crippen LogP contribution in [0.1, 0.15) is 23.9 Å². The smallest absolute Gasteiger partial charge is 0.159 e. The second kappa shape index (κ2) is 4.78. The number of benzene rings is 1. The van der Waals surface area contributed by atoms with Crippen molar-refractivity contribution in [3.8, 4) is 11.4 Å². The molecule has 0 unspecified atom stereocenters. The molecule has 0 fully saturated rings. The average Bonchev–Trinajstić information content (AvgIpc) is 2.85. The third-order valence-electron chi connectivity index (χ3n) is 3.19. The summed E-state index contributed by atoms with van der Waals surface area (Å²) in [5.41, 5.74) is 4.67. The van der Waals surface area contributed by atoms with Crippen molar-refractivity contribution < 1.29 is 0 Å². The van der Waals surface area contributed by atoms with Gasteiger partial charge in [0.05, 0.1) is 5.69 Å². The summed E-state index contributed by atoms with van der Waals surface area (Å²) in [6.45, 7) is 3.90. The van der Waals surface area contributed by atoms with E-state index in [1.807, 2.05) is 18.2 Å². The Morgan fingerprint density at radius 3 is 2.94 bits per heavy atom. The van der Waals surface area contributed by atoms with Crippen LogP contribution < -0.4 is 5.32 Å². The molecule has 92 valence electrons. The molecule has 2 aromatic rings. The van der Waals surface area contributed by atoms with Gasteiger partial charge in [-0.2, -0.15) is 0 Å². The van der Waals surface area contributed by atoms with Crippen LogP contribution in [0.25, 0.3) is 11.4 Å². The van der Waals surface area contributed by atoms with Crippen molar-refractivity contribution in [1.29, 1.82) is 0 Å². The normalized spacial score (nSPS) is 13.7. The monoisotopic (exact) mass is 303 g/mol. The van der Waals surface area contributed by atoms with Crippen molar-refractivity contribution in [2.75, 3.05) is 0 Å². The average molecular weight is 304 g/mol. The highest BCUT2D eigenvalue weighted by molar-refractivity contribution is 9.10. The number of fused-ring (bicyclic) bond motifs is 1. The summed E-state index contributed by atoms with van der Waals surface area (Å²) in [5, 5.41) is 3.34. The summed E-state index contributed by atoms with van der Waals surface area (Å²) in [6.07, 6.45) is 0.952. The van der Waals surface area contributed by atoms with Gasteiger partial charge >= 0.3 is 0 Å². The second-order valence-corrected chi connectivity index (χ2v) is 5.30. The maximum absolute atomic E-state index is 4.70. The summed E-state index contributed by atoms with van der Waals surface area (Å²) < 4.78 is 1.06. The highest BCUT2D eigenvalue weighted by Gasteiger charge is 2.18. The van der Waals surface area contributed by atoms with E-state index in [0.29, 0.717) is 0 Å². The van der Waals surface area contributed by atoms with E-state index in [-0.39, 0.29) is 0 Å². The lowest BCUT2D eigenvalue weighted by Gasteiger charge is -2.08. The maximum Gasteiger partial charge on any atom is 0.159 e. The molecule has 0 atom stereocenters. The Morgan fingerprint density at radius 2 is 2.17 bits per heavy atom. The van der Waals surface area contributed by atoms with E-state index in [0.717, 1.165) is 41.1 Å². The summed E-state index contributed by atoms with van der Waals surface area (Å²) in [6, 6.07) is 8.14. The van der Waals surface area contributed by atoms with Crippen LogP contribution >= 0.6 is 15.9 Å². The molecule has 0 amide bonds. The highest BCUT2D eigenvalue weighted by Crippen LogP contribution is 2.24. The Bertz CT molecular complexity index is 596. The standard InChI is InChI=1S/C14H14BrN3/c1-2-12-11-7-16-8-13(11)18-14(17-12)9-4-3-5-10(15)6-9/h3-6,16H,2,7-8H2,1H3. The van der Waals surface area contributed by atoms with E-state index in [2.05, 4.69) is 39.2 Å². The van der Waals surface area contributed by atoms with Gasteiger partial charge in [-0.1, -0.05) is 35.0 Å². The Morgan fingerprint density at radius 1 is 1.28 bits per heavy atom. The van der Waals surface area contributed by atoms with Gasteiger partial charge in [0, 0.05) is 34.4 Å². The van der Waals surface area contributed by atoms with E-state index >= 15 is 0 Å². The lowest BCUT2D eigenvalue weighted by molar-refractivity contribution is 0.755. The molecule has 0 bridgehead atoms. The SMILES string of the molecule is CCc1nc(-c2cccc(Br)c2)nc2c1CNC2. The van der Waals surface area contributed by atoms with Crippen LogP contribution in [0.5, 0.6) is 0 Å². The minimum Gasteiger partial charge on any atom is -0.307 e. The van der Waals surface area contributed by atoms with Crippen LogP contribution in [0.15, 0.2) is 28.7 Å². The molecule has 1 aliphatic heterocycles. The summed E-state index contributed by atoms with van der Waals surface area (Å²) >= 11 is 3.49. The Labute approximate surface area is 115 Å². The molecule has 1 aromatic carbocycles. The first kappa shape index (κ1) is 11.8. The number of nitrogens with zero attached hydrogens (tertiary/aromatic N) is 2. The number of halogens is 1. The van der Waals surface area contributed by atoms with Crippen molar-refractivity contribution in [3.63, 3.8) is 0 Å². The summed E-state index contributed by atoms with van der Waals surface area (Å²) in [5.74, 6) is 0.829. The first-order valence-corrected chi connectivity index (χ1v) is 6.92. The predicted octanol–water partition coefficient (Wildman–Crippen LogP) is 3.07. The molecule has 2 heterocycles. The molecule has 0 saturated carbocycles. The van der Waals surface area contributed by atoms with Gasteiger partial charge in [0.25, 0.3) is 0 Å². The van der Waals surface area contributed by atoms with Crippen molar-refractivity contribution in [3.05, 3.63) is 45.7 Å². The molecule has 4 heteroatoms. The Balaban J connectivity index is 2.13. The molecular formula is C14H14BrN3. The maximum atomic E-state index is 4.70. The zero-order chi connectivity index (χ0) is 12.5. The number of hydrogen-bond donors (Lipinski definition) is 1. The van der Waals surface area contributed by atoms with Gasteiger partial charge in [-0.15, -0.1) is 0 Å². The minimum absolute atomic E-state index is 0.829.